The van der Waals surface area contributed by atoms with E-state index in [0.717, 1.165) is 63.1 Å². The molecule has 4 heterocycles. The molecule has 5 rings (SSSR count). The SMILES string of the molecule is Cc1ccc(C=Cc2onc(C)c2S(=O)(=O)N2CCC(C(=O)N3CCC(N(C)CC4CCCO4)CC3)CC2)cc1. The van der Waals surface area contributed by atoms with Crippen LogP contribution in [0.5, 0.6) is 0 Å². The van der Waals surface area contributed by atoms with Crippen molar-refractivity contribution in [2.75, 3.05) is 46.4 Å². The number of carbonyl (C=O) groups excluding carboxylic acids is 1. The number of rotatable bonds is 8. The second-order valence-corrected chi connectivity index (χ2v) is 13.4. The number of amides is 1. The van der Waals surface area contributed by atoms with Crippen molar-refractivity contribution in [1.82, 2.24) is 19.3 Å². The second kappa shape index (κ2) is 12.5. The molecular weight excluding hydrogens is 528 g/mol. The van der Waals surface area contributed by atoms with Crippen LogP contribution in [-0.4, -0.2) is 92.1 Å². The van der Waals surface area contributed by atoms with Crippen LogP contribution < -0.4 is 0 Å². The van der Waals surface area contributed by atoms with Crippen LogP contribution in [0.25, 0.3) is 12.2 Å². The number of piperidine rings is 2. The Balaban J connectivity index is 1.15. The van der Waals surface area contributed by atoms with E-state index < -0.39 is 10.0 Å². The fourth-order valence-electron chi connectivity index (χ4n) is 6.16. The molecule has 0 bridgehead atoms. The molecule has 1 aromatic carbocycles. The van der Waals surface area contributed by atoms with Gasteiger partial charge in [-0.15, -0.1) is 0 Å². The number of benzene rings is 1. The van der Waals surface area contributed by atoms with Crippen LogP contribution in [0.4, 0.5) is 0 Å². The zero-order valence-electron chi connectivity index (χ0n) is 23.9. The van der Waals surface area contributed by atoms with Crippen LogP contribution in [0, 0.1) is 19.8 Å². The molecule has 0 saturated carbocycles. The molecule has 2 aromatic rings. The van der Waals surface area contributed by atoms with Crippen molar-refractivity contribution in [3.8, 4) is 0 Å². The number of hydrogen-bond acceptors (Lipinski definition) is 7. The van der Waals surface area contributed by atoms with Crippen LogP contribution >= 0.6 is 0 Å². The first-order chi connectivity index (χ1) is 19.2. The quantitative estimate of drug-likeness (QED) is 0.474. The van der Waals surface area contributed by atoms with Crippen LogP contribution in [0.15, 0.2) is 33.7 Å². The van der Waals surface area contributed by atoms with Gasteiger partial charge in [0, 0.05) is 51.3 Å². The number of likely N-dealkylation sites (N-methyl/N-ethyl adjacent to an activating group) is 1. The van der Waals surface area contributed by atoms with Crippen molar-refractivity contribution >= 4 is 28.1 Å². The Bertz CT molecular complexity index is 1280. The number of ether oxygens (including phenoxy) is 1. The third-order valence-electron chi connectivity index (χ3n) is 8.65. The van der Waals surface area contributed by atoms with E-state index in [0.29, 0.717) is 43.8 Å². The van der Waals surface area contributed by atoms with Crippen molar-refractivity contribution in [3.05, 3.63) is 46.8 Å². The normalized spacial score (nSPS) is 22.1. The largest absolute Gasteiger partial charge is 0.377 e. The Hall–Kier alpha value is -2.53. The molecule has 40 heavy (non-hydrogen) atoms. The van der Waals surface area contributed by atoms with Crippen LogP contribution in [0.2, 0.25) is 0 Å². The van der Waals surface area contributed by atoms with E-state index >= 15 is 0 Å². The minimum atomic E-state index is -3.81. The molecule has 0 N–H and O–H groups in total. The van der Waals surface area contributed by atoms with Crippen molar-refractivity contribution < 1.29 is 22.5 Å². The summed E-state index contributed by atoms with van der Waals surface area (Å²) in [6.07, 6.45) is 9.09. The first-order valence-corrected chi connectivity index (χ1v) is 16.0. The maximum Gasteiger partial charge on any atom is 0.248 e. The number of nitrogens with zero attached hydrogens (tertiary/aromatic N) is 4. The van der Waals surface area contributed by atoms with E-state index in [1.54, 1.807) is 13.0 Å². The monoisotopic (exact) mass is 570 g/mol. The van der Waals surface area contributed by atoms with Crippen LogP contribution in [0.1, 0.15) is 61.1 Å². The van der Waals surface area contributed by atoms with Gasteiger partial charge in [0.1, 0.15) is 5.69 Å². The molecule has 218 valence electrons. The van der Waals surface area contributed by atoms with Gasteiger partial charge in [-0.25, -0.2) is 8.42 Å². The molecule has 9 nitrogen and oxygen atoms in total. The van der Waals surface area contributed by atoms with Gasteiger partial charge in [-0.2, -0.15) is 4.31 Å². The number of aryl methyl sites for hydroxylation is 2. The number of aromatic nitrogens is 1. The van der Waals surface area contributed by atoms with Gasteiger partial charge in [-0.05, 0) is 71.1 Å². The van der Waals surface area contributed by atoms with Gasteiger partial charge >= 0.3 is 0 Å². The molecule has 1 amide bonds. The zero-order chi connectivity index (χ0) is 28.3. The molecule has 1 unspecified atom stereocenters. The van der Waals surface area contributed by atoms with E-state index in [1.165, 1.54) is 4.31 Å². The molecular formula is C30H42N4O5S. The summed E-state index contributed by atoms with van der Waals surface area (Å²) in [6.45, 7) is 7.64. The lowest BCUT2D eigenvalue weighted by molar-refractivity contribution is -0.138. The highest BCUT2D eigenvalue weighted by molar-refractivity contribution is 7.89. The van der Waals surface area contributed by atoms with Gasteiger partial charge in [-0.3, -0.25) is 4.79 Å². The highest BCUT2D eigenvalue weighted by Crippen LogP contribution is 2.30. The Morgan fingerprint density at radius 1 is 1.02 bits per heavy atom. The van der Waals surface area contributed by atoms with Crippen molar-refractivity contribution in [1.29, 1.82) is 0 Å². The summed E-state index contributed by atoms with van der Waals surface area (Å²) in [7, 11) is -1.64. The average molecular weight is 571 g/mol. The van der Waals surface area contributed by atoms with Crippen molar-refractivity contribution in [2.24, 2.45) is 5.92 Å². The third-order valence-corrected chi connectivity index (χ3v) is 10.7. The molecule has 0 radical (unpaired) electrons. The lowest BCUT2D eigenvalue weighted by Crippen LogP contribution is -2.50. The summed E-state index contributed by atoms with van der Waals surface area (Å²) in [4.78, 5) is 17.8. The van der Waals surface area contributed by atoms with Gasteiger partial charge in [0.05, 0.1) is 6.10 Å². The van der Waals surface area contributed by atoms with E-state index in [4.69, 9.17) is 9.26 Å². The number of likely N-dealkylation sites (tertiary alicyclic amines) is 1. The summed E-state index contributed by atoms with van der Waals surface area (Å²) >= 11 is 0. The number of carbonyl (C=O) groups is 1. The number of hydrogen-bond donors (Lipinski definition) is 0. The summed E-state index contributed by atoms with van der Waals surface area (Å²) in [5, 5.41) is 3.95. The molecule has 0 spiro atoms. The fourth-order valence-corrected chi connectivity index (χ4v) is 7.88. The van der Waals surface area contributed by atoms with Crippen LogP contribution in [-0.2, 0) is 19.6 Å². The van der Waals surface area contributed by atoms with E-state index in [9.17, 15) is 13.2 Å². The van der Waals surface area contributed by atoms with Gasteiger partial charge in [0.15, 0.2) is 10.7 Å². The fraction of sp³-hybridized carbons (Fsp3) is 0.600. The Morgan fingerprint density at radius 3 is 2.38 bits per heavy atom. The van der Waals surface area contributed by atoms with E-state index in [1.807, 2.05) is 42.2 Å². The van der Waals surface area contributed by atoms with Gasteiger partial charge < -0.3 is 19.1 Å². The van der Waals surface area contributed by atoms with Crippen molar-refractivity contribution in [3.63, 3.8) is 0 Å². The summed E-state index contributed by atoms with van der Waals surface area (Å²) in [6, 6.07) is 8.42. The summed E-state index contributed by atoms with van der Waals surface area (Å²) in [5.74, 6) is 0.251. The smallest absolute Gasteiger partial charge is 0.248 e. The first kappa shape index (κ1) is 29.0. The first-order valence-electron chi connectivity index (χ1n) is 14.5. The minimum Gasteiger partial charge on any atom is -0.377 e. The van der Waals surface area contributed by atoms with Gasteiger partial charge in [0.2, 0.25) is 15.9 Å². The van der Waals surface area contributed by atoms with Crippen molar-refractivity contribution in [2.45, 2.75) is 69.4 Å². The van der Waals surface area contributed by atoms with Crippen LogP contribution in [0.3, 0.4) is 0 Å². The second-order valence-electron chi connectivity index (χ2n) is 11.5. The van der Waals surface area contributed by atoms with E-state index in [2.05, 4.69) is 17.1 Å². The predicted octanol–water partition coefficient (Wildman–Crippen LogP) is 3.96. The molecule has 0 aliphatic carbocycles. The lowest BCUT2D eigenvalue weighted by atomic mass is 9.94. The minimum absolute atomic E-state index is 0.106. The molecule has 3 aliphatic heterocycles. The molecule has 1 aromatic heterocycles. The van der Waals surface area contributed by atoms with E-state index in [-0.39, 0.29) is 22.5 Å². The highest BCUT2D eigenvalue weighted by Gasteiger charge is 2.38. The third kappa shape index (κ3) is 6.51. The van der Waals surface area contributed by atoms with Gasteiger partial charge in [-0.1, -0.05) is 41.1 Å². The lowest BCUT2D eigenvalue weighted by Gasteiger charge is -2.39. The highest BCUT2D eigenvalue weighted by atomic mass is 32.2. The van der Waals surface area contributed by atoms with Gasteiger partial charge in [0.25, 0.3) is 0 Å². The zero-order valence-corrected chi connectivity index (χ0v) is 24.7. The number of sulfonamides is 1. The average Bonchev–Trinajstić information content (AvgIpc) is 3.62. The topological polar surface area (TPSA) is 96.2 Å². The molecule has 10 heteroatoms. The predicted molar refractivity (Wildman–Crippen MR) is 154 cm³/mol. The maximum absolute atomic E-state index is 13.6. The molecule has 3 saturated heterocycles. The Labute approximate surface area is 238 Å². The molecule has 1 atom stereocenters. The maximum atomic E-state index is 13.6. The molecule has 3 aliphatic rings. The Kier molecular flexibility index (Phi) is 9.09. The molecule has 3 fully saturated rings. The summed E-state index contributed by atoms with van der Waals surface area (Å²) < 4.78 is 39.9. The summed E-state index contributed by atoms with van der Waals surface area (Å²) in [5.41, 5.74) is 2.44. The Morgan fingerprint density at radius 2 is 1.73 bits per heavy atom. The standard InChI is InChI=1S/C30H42N4O5S/c1-22-6-8-24(9-7-22)10-11-28-29(23(2)31-39-28)40(36,37)34-18-12-25(13-19-34)30(35)33-16-14-26(15-17-33)32(3)21-27-5-4-20-38-27/h6-11,25-27H,4-5,12-21H2,1-3H3.